The molecular weight excluding hydrogens is 410 g/mol. The maximum Gasteiger partial charge on any atom is 0.295 e. The number of aryl methyl sites for hydroxylation is 3. The molecule has 2 N–H and O–H groups in total. The van der Waals surface area contributed by atoms with Crippen LogP contribution in [0, 0.1) is 13.8 Å². The van der Waals surface area contributed by atoms with Gasteiger partial charge in [0.15, 0.2) is 0 Å². The first kappa shape index (κ1) is 21.4. The number of likely N-dealkylation sites (tertiary alicyclic amines) is 1. The minimum atomic E-state index is -0.775. The van der Waals surface area contributed by atoms with Gasteiger partial charge in [-0.25, -0.2) is 4.98 Å². The van der Waals surface area contributed by atoms with Crippen LogP contribution in [-0.4, -0.2) is 55.1 Å². The van der Waals surface area contributed by atoms with E-state index in [1.54, 1.807) is 38.5 Å². The Morgan fingerprint density at radius 2 is 2.00 bits per heavy atom. The Kier molecular flexibility index (Phi) is 5.81. The maximum atomic E-state index is 13.2. The summed E-state index contributed by atoms with van der Waals surface area (Å²) in [6.07, 6.45) is 5.85. The standard InChI is InChI=1S/C23H25N5O4/c1-14-18(15(2)26-25-14)21(29)19-20(16-7-4-5-8-17(16)32-3)28(23(31)22(19)30)11-6-10-27-12-9-24-13-27/h4-5,7-9,12-13,20,29H,6,10-11H2,1-3H3,(H,25,26)/t20-/m1/s1. The second-order valence-corrected chi connectivity index (χ2v) is 7.70. The lowest BCUT2D eigenvalue weighted by Gasteiger charge is -2.26. The van der Waals surface area contributed by atoms with E-state index < -0.39 is 17.7 Å². The van der Waals surface area contributed by atoms with Gasteiger partial charge in [0.05, 0.1) is 36.3 Å². The number of carbonyl (C=O) groups excluding carboxylic acids is 2. The number of imidazole rings is 1. The Morgan fingerprint density at radius 1 is 1.22 bits per heavy atom. The van der Waals surface area contributed by atoms with Gasteiger partial charge in [-0.15, -0.1) is 0 Å². The molecule has 0 spiro atoms. The van der Waals surface area contributed by atoms with Crippen LogP contribution in [0.3, 0.4) is 0 Å². The summed E-state index contributed by atoms with van der Waals surface area (Å²) >= 11 is 0. The van der Waals surface area contributed by atoms with Crippen molar-refractivity contribution < 1.29 is 19.4 Å². The van der Waals surface area contributed by atoms with Gasteiger partial charge < -0.3 is 19.3 Å². The van der Waals surface area contributed by atoms with Crippen molar-refractivity contribution in [2.75, 3.05) is 13.7 Å². The first-order chi connectivity index (χ1) is 15.4. The minimum Gasteiger partial charge on any atom is -0.507 e. The van der Waals surface area contributed by atoms with E-state index in [1.807, 2.05) is 22.9 Å². The molecule has 32 heavy (non-hydrogen) atoms. The molecule has 9 nitrogen and oxygen atoms in total. The number of ether oxygens (including phenoxy) is 1. The molecule has 166 valence electrons. The Labute approximate surface area is 185 Å². The predicted molar refractivity (Wildman–Crippen MR) is 117 cm³/mol. The van der Waals surface area contributed by atoms with Crippen LogP contribution in [0.15, 0.2) is 48.6 Å². The fourth-order valence-electron chi connectivity index (χ4n) is 4.20. The number of aliphatic hydroxyl groups excluding tert-OH is 1. The third-order valence-corrected chi connectivity index (χ3v) is 5.71. The Morgan fingerprint density at radius 3 is 2.66 bits per heavy atom. The van der Waals surface area contributed by atoms with Gasteiger partial charge in [-0.3, -0.25) is 14.7 Å². The smallest absolute Gasteiger partial charge is 0.295 e. The molecule has 0 bridgehead atoms. The monoisotopic (exact) mass is 435 g/mol. The summed E-state index contributed by atoms with van der Waals surface area (Å²) in [6, 6.07) is 6.44. The van der Waals surface area contributed by atoms with E-state index in [4.69, 9.17) is 4.74 Å². The van der Waals surface area contributed by atoms with Crippen LogP contribution in [0.5, 0.6) is 5.75 Å². The molecule has 3 aromatic rings. The summed E-state index contributed by atoms with van der Waals surface area (Å²) in [4.78, 5) is 31.8. The number of hydrogen-bond acceptors (Lipinski definition) is 6. The van der Waals surface area contributed by atoms with E-state index in [2.05, 4.69) is 15.2 Å². The van der Waals surface area contributed by atoms with E-state index in [-0.39, 0.29) is 11.3 Å². The van der Waals surface area contributed by atoms with Crippen molar-refractivity contribution in [2.45, 2.75) is 32.9 Å². The number of methoxy groups -OCH3 is 1. The topological polar surface area (TPSA) is 113 Å². The van der Waals surface area contributed by atoms with Crippen LogP contribution in [-0.2, 0) is 16.1 Å². The molecule has 2 aromatic heterocycles. The number of aromatic nitrogens is 4. The molecule has 1 atom stereocenters. The lowest BCUT2D eigenvalue weighted by molar-refractivity contribution is -0.140. The second-order valence-electron chi connectivity index (χ2n) is 7.70. The first-order valence-electron chi connectivity index (χ1n) is 10.3. The third-order valence-electron chi connectivity index (χ3n) is 5.71. The number of rotatable bonds is 7. The van der Waals surface area contributed by atoms with Gasteiger partial charge in [-0.1, -0.05) is 18.2 Å². The molecule has 3 heterocycles. The lowest BCUT2D eigenvalue weighted by Crippen LogP contribution is -2.31. The fourth-order valence-corrected chi connectivity index (χ4v) is 4.20. The molecule has 0 radical (unpaired) electrons. The zero-order valence-electron chi connectivity index (χ0n) is 18.2. The number of hydrogen-bond donors (Lipinski definition) is 2. The van der Waals surface area contributed by atoms with Crippen LogP contribution in [0.2, 0.25) is 0 Å². The van der Waals surface area contributed by atoms with Crippen LogP contribution in [0.1, 0.15) is 35.0 Å². The number of benzene rings is 1. The molecule has 1 aromatic carbocycles. The van der Waals surface area contributed by atoms with Crippen LogP contribution in [0.25, 0.3) is 5.76 Å². The average molecular weight is 435 g/mol. The fraction of sp³-hybridized carbons (Fsp3) is 0.304. The van der Waals surface area contributed by atoms with Crippen LogP contribution < -0.4 is 4.74 Å². The van der Waals surface area contributed by atoms with Crippen LogP contribution >= 0.6 is 0 Å². The number of H-pyrrole nitrogens is 1. The summed E-state index contributed by atoms with van der Waals surface area (Å²) in [7, 11) is 1.54. The molecule has 0 saturated carbocycles. The highest BCUT2D eigenvalue weighted by Crippen LogP contribution is 2.43. The SMILES string of the molecule is COc1ccccc1[C@@H]1C(=C(O)c2c(C)n[nH]c2C)C(=O)C(=O)N1CCCn1ccnc1. The Hall–Kier alpha value is -3.88. The van der Waals surface area contributed by atoms with Gasteiger partial charge in [-0.05, 0) is 26.3 Å². The van der Waals surface area contributed by atoms with Gasteiger partial charge in [0.25, 0.3) is 11.7 Å². The van der Waals surface area contributed by atoms with Crippen molar-refractivity contribution in [3.8, 4) is 5.75 Å². The normalized spacial score (nSPS) is 17.8. The zero-order chi connectivity index (χ0) is 22.8. The Balaban J connectivity index is 1.80. The number of nitrogens with one attached hydrogen (secondary N) is 1. The first-order valence-corrected chi connectivity index (χ1v) is 10.3. The number of amides is 1. The number of ketones is 1. The molecule has 1 saturated heterocycles. The predicted octanol–water partition coefficient (Wildman–Crippen LogP) is 2.74. The van der Waals surface area contributed by atoms with E-state index in [9.17, 15) is 14.7 Å². The van der Waals surface area contributed by atoms with Crippen molar-refractivity contribution >= 4 is 17.4 Å². The van der Waals surface area contributed by atoms with E-state index >= 15 is 0 Å². The highest BCUT2D eigenvalue weighted by Gasteiger charge is 2.47. The van der Waals surface area contributed by atoms with Gasteiger partial charge in [0.1, 0.15) is 11.5 Å². The largest absolute Gasteiger partial charge is 0.507 e. The highest BCUT2D eigenvalue weighted by molar-refractivity contribution is 6.46. The number of carbonyl (C=O) groups is 2. The van der Waals surface area contributed by atoms with Crippen LogP contribution in [0.4, 0.5) is 0 Å². The molecule has 1 amide bonds. The molecule has 9 heteroatoms. The highest BCUT2D eigenvalue weighted by atomic mass is 16.5. The van der Waals surface area contributed by atoms with Crippen molar-refractivity contribution in [3.63, 3.8) is 0 Å². The van der Waals surface area contributed by atoms with Crippen molar-refractivity contribution in [1.82, 2.24) is 24.6 Å². The average Bonchev–Trinajstić information content (AvgIpc) is 3.49. The van der Waals surface area contributed by atoms with Gasteiger partial charge in [-0.2, -0.15) is 5.10 Å². The Bertz CT molecular complexity index is 1160. The van der Waals surface area contributed by atoms with Gasteiger partial charge >= 0.3 is 0 Å². The molecule has 1 fully saturated rings. The van der Waals surface area contributed by atoms with Crippen molar-refractivity contribution in [1.29, 1.82) is 0 Å². The molecule has 0 aliphatic carbocycles. The number of aromatic amines is 1. The zero-order valence-corrected chi connectivity index (χ0v) is 18.2. The van der Waals surface area contributed by atoms with Crippen molar-refractivity contribution in [2.24, 2.45) is 0 Å². The van der Waals surface area contributed by atoms with E-state index in [1.165, 1.54) is 12.0 Å². The lowest BCUT2D eigenvalue weighted by atomic mass is 9.94. The number of para-hydroxylation sites is 1. The van der Waals surface area contributed by atoms with E-state index in [0.29, 0.717) is 47.8 Å². The third kappa shape index (κ3) is 3.66. The number of nitrogens with zero attached hydrogens (tertiary/aromatic N) is 4. The van der Waals surface area contributed by atoms with E-state index in [0.717, 1.165) is 0 Å². The van der Waals surface area contributed by atoms with Crippen molar-refractivity contribution in [3.05, 3.63) is 71.1 Å². The minimum absolute atomic E-state index is 0.0368. The number of Topliss-reactive ketones (excluding diaryl/α,β-unsaturated/α-hetero) is 1. The molecule has 1 aliphatic heterocycles. The summed E-state index contributed by atoms with van der Waals surface area (Å²) in [5, 5.41) is 18.2. The molecule has 4 rings (SSSR count). The summed E-state index contributed by atoms with van der Waals surface area (Å²) in [5.74, 6) is -1.07. The molecule has 0 unspecified atom stereocenters. The number of aliphatic hydroxyl groups is 1. The van der Waals surface area contributed by atoms with Gasteiger partial charge in [0.2, 0.25) is 0 Å². The summed E-state index contributed by atoms with van der Waals surface area (Å²) in [6.45, 7) is 4.46. The summed E-state index contributed by atoms with van der Waals surface area (Å²) < 4.78 is 7.43. The van der Waals surface area contributed by atoms with Gasteiger partial charge in [0, 0.05) is 36.7 Å². The second kappa shape index (κ2) is 8.70. The summed E-state index contributed by atoms with van der Waals surface area (Å²) in [5.41, 5.74) is 2.27. The quantitative estimate of drug-likeness (QED) is 0.335. The molecule has 1 aliphatic rings. The maximum absolute atomic E-state index is 13.2. The molecular formula is C23H25N5O4.